The molecule has 1 unspecified atom stereocenters. The SMILES string of the molecule is CC(Cc1ccco1)NC(=O)CCCc1nnc(C(=O)Nc2cccc(F)c2)s1. The van der Waals surface area contributed by atoms with Crippen LogP contribution in [0.25, 0.3) is 0 Å². The average Bonchev–Trinajstić information content (AvgIpc) is 3.33. The van der Waals surface area contributed by atoms with Gasteiger partial charge in [0, 0.05) is 31.0 Å². The van der Waals surface area contributed by atoms with Crippen LogP contribution in [-0.4, -0.2) is 28.1 Å². The van der Waals surface area contributed by atoms with Crippen molar-refractivity contribution in [1.82, 2.24) is 15.5 Å². The fraction of sp³-hybridized carbons (Fsp3) is 0.300. The molecular weight excluding hydrogens is 395 g/mol. The topological polar surface area (TPSA) is 97.1 Å². The van der Waals surface area contributed by atoms with E-state index in [9.17, 15) is 14.0 Å². The van der Waals surface area contributed by atoms with Crippen LogP contribution in [0, 0.1) is 5.82 Å². The van der Waals surface area contributed by atoms with E-state index < -0.39 is 11.7 Å². The van der Waals surface area contributed by atoms with E-state index >= 15 is 0 Å². The van der Waals surface area contributed by atoms with Gasteiger partial charge in [0.05, 0.1) is 6.26 Å². The Kier molecular flexibility index (Phi) is 7.07. The van der Waals surface area contributed by atoms with Gasteiger partial charge in [-0.25, -0.2) is 4.39 Å². The number of carbonyl (C=O) groups is 2. The van der Waals surface area contributed by atoms with Crippen LogP contribution in [0.15, 0.2) is 47.1 Å². The van der Waals surface area contributed by atoms with Gasteiger partial charge in [-0.2, -0.15) is 0 Å². The van der Waals surface area contributed by atoms with Gasteiger partial charge in [0.15, 0.2) is 0 Å². The first-order valence-corrected chi connectivity index (χ1v) is 10.0. The highest BCUT2D eigenvalue weighted by atomic mass is 32.1. The summed E-state index contributed by atoms with van der Waals surface area (Å²) in [4.78, 5) is 24.2. The molecule has 2 N–H and O–H groups in total. The molecule has 152 valence electrons. The zero-order valence-corrected chi connectivity index (χ0v) is 16.7. The first-order valence-electron chi connectivity index (χ1n) is 9.20. The van der Waals surface area contributed by atoms with Crippen molar-refractivity contribution in [3.05, 3.63) is 64.3 Å². The second-order valence-corrected chi connectivity index (χ2v) is 7.63. The summed E-state index contributed by atoms with van der Waals surface area (Å²) in [5.74, 6) is -0.0882. The van der Waals surface area contributed by atoms with Gasteiger partial charge in [-0.1, -0.05) is 17.4 Å². The highest BCUT2D eigenvalue weighted by Gasteiger charge is 2.14. The lowest BCUT2D eigenvalue weighted by Gasteiger charge is -2.12. The number of hydrogen-bond donors (Lipinski definition) is 2. The third kappa shape index (κ3) is 6.49. The van der Waals surface area contributed by atoms with Crippen molar-refractivity contribution in [2.45, 2.75) is 38.6 Å². The Morgan fingerprint density at radius 3 is 2.86 bits per heavy atom. The van der Waals surface area contributed by atoms with Crippen molar-refractivity contribution < 1.29 is 18.4 Å². The molecule has 0 bridgehead atoms. The van der Waals surface area contributed by atoms with Crippen LogP contribution in [0.3, 0.4) is 0 Å². The van der Waals surface area contributed by atoms with E-state index in [2.05, 4.69) is 20.8 Å². The fourth-order valence-corrected chi connectivity index (χ4v) is 3.50. The molecule has 3 aromatic rings. The summed E-state index contributed by atoms with van der Waals surface area (Å²) in [7, 11) is 0. The van der Waals surface area contributed by atoms with Crippen LogP contribution < -0.4 is 10.6 Å². The number of furan rings is 1. The van der Waals surface area contributed by atoms with Gasteiger partial charge >= 0.3 is 0 Å². The fourth-order valence-electron chi connectivity index (χ4n) is 2.73. The molecule has 0 spiro atoms. The molecule has 0 aliphatic heterocycles. The molecule has 0 radical (unpaired) electrons. The molecule has 0 saturated carbocycles. The lowest BCUT2D eigenvalue weighted by Crippen LogP contribution is -2.33. The minimum atomic E-state index is -0.441. The number of benzene rings is 1. The lowest BCUT2D eigenvalue weighted by atomic mass is 10.1. The summed E-state index contributed by atoms with van der Waals surface area (Å²) in [6, 6.07) is 9.30. The van der Waals surface area contributed by atoms with E-state index in [4.69, 9.17) is 4.42 Å². The van der Waals surface area contributed by atoms with Crippen molar-refractivity contribution in [3.8, 4) is 0 Å². The quantitative estimate of drug-likeness (QED) is 0.556. The highest BCUT2D eigenvalue weighted by Crippen LogP contribution is 2.16. The summed E-state index contributed by atoms with van der Waals surface area (Å²) in [6.45, 7) is 1.93. The number of nitrogens with one attached hydrogen (secondary N) is 2. The predicted octanol–water partition coefficient (Wildman–Crippen LogP) is 3.59. The Bertz CT molecular complexity index is 958. The Morgan fingerprint density at radius 1 is 1.24 bits per heavy atom. The number of hydrogen-bond acceptors (Lipinski definition) is 6. The molecule has 0 aliphatic rings. The van der Waals surface area contributed by atoms with Crippen LogP contribution in [0.2, 0.25) is 0 Å². The summed E-state index contributed by atoms with van der Waals surface area (Å²) >= 11 is 1.16. The van der Waals surface area contributed by atoms with Gasteiger partial charge in [0.1, 0.15) is 16.6 Å². The van der Waals surface area contributed by atoms with Gasteiger partial charge in [-0.05, 0) is 43.7 Å². The van der Waals surface area contributed by atoms with Crippen LogP contribution in [0.1, 0.15) is 40.3 Å². The number of carbonyl (C=O) groups excluding carboxylic acids is 2. The van der Waals surface area contributed by atoms with E-state index in [1.165, 1.54) is 18.2 Å². The van der Waals surface area contributed by atoms with Crippen LogP contribution in [0.4, 0.5) is 10.1 Å². The summed E-state index contributed by atoms with van der Waals surface area (Å²) in [6.07, 6.45) is 3.74. The summed E-state index contributed by atoms with van der Waals surface area (Å²) in [5.41, 5.74) is 0.354. The highest BCUT2D eigenvalue weighted by molar-refractivity contribution is 7.13. The normalized spacial score (nSPS) is 11.8. The van der Waals surface area contributed by atoms with E-state index in [0.717, 1.165) is 17.1 Å². The van der Waals surface area contributed by atoms with Gasteiger partial charge in [0.2, 0.25) is 10.9 Å². The smallest absolute Gasteiger partial charge is 0.286 e. The molecule has 3 rings (SSSR count). The number of amides is 2. The average molecular weight is 416 g/mol. The number of aryl methyl sites for hydroxylation is 1. The molecule has 7 nitrogen and oxygen atoms in total. The molecule has 2 aromatic heterocycles. The monoisotopic (exact) mass is 416 g/mol. The maximum absolute atomic E-state index is 13.2. The van der Waals surface area contributed by atoms with E-state index in [0.29, 0.717) is 36.4 Å². The van der Waals surface area contributed by atoms with E-state index in [-0.39, 0.29) is 17.0 Å². The molecular formula is C20H21FN4O3S. The molecule has 0 aliphatic carbocycles. The number of nitrogens with zero attached hydrogens (tertiary/aromatic N) is 2. The maximum Gasteiger partial charge on any atom is 0.286 e. The first-order chi connectivity index (χ1) is 14.0. The standard InChI is InChI=1S/C20H21FN4O3S/c1-13(11-16-7-4-10-28-16)22-17(26)8-3-9-18-24-25-20(29-18)19(27)23-15-6-2-5-14(21)12-15/h2,4-7,10,12-13H,3,8-9,11H2,1H3,(H,22,26)(H,23,27). The number of rotatable bonds is 9. The maximum atomic E-state index is 13.2. The Morgan fingerprint density at radius 2 is 2.10 bits per heavy atom. The van der Waals surface area contributed by atoms with Gasteiger partial charge in [-0.15, -0.1) is 10.2 Å². The molecule has 0 fully saturated rings. The molecule has 2 heterocycles. The molecule has 0 saturated heterocycles. The van der Waals surface area contributed by atoms with E-state index in [1.54, 1.807) is 12.3 Å². The first kappa shape index (κ1) is 20.7. The van der Waals surface area contributed by atoms with E-state index in [1.807, 2.05) is 19.1 Å². The van der Waals surface area contributed by atoms with Crippen molar-refractivity contribution >= 4 is 28.8 Å². The van der Waals surface area contributed by atoms with Crippen molar-refractivity contribution in [1.29, 1.82) is 0 Å². The second kappa shape index (κ2) is 9.92. The van der Waals surface area contributed by atoms with Crippen molar-refractivity contribution in [2.24, 2.45) is 0 Å². The largest absolute Gasteiger partial charge is 0.469 e. The number of halogens is 1. The molecule has 2 amide bonds. The van der Waals surface area contributed by atoms with Crippen LogP contribution >= 0.6 is 11.3 Å². The second-order valence-electron chi connectivity index (χ2n) is 6.57. The van der Waals surface area contributed by atoms with Crippen LogP contribution in [-0.2, 0) is 17.6 Å². The Balaban J connectivity index is 1.40. The third-order valence-electron chi connectivity index (χ3n) is 4.03. The van der Waals surface area contributed by atoms with Crippen molar-refractivity contribution in [3.63, 3.8) is 0 Å². The van der Waals surface area contributed by atoms with Gasteiger partial charge in [0.25, 0.3) is 5.91 Å². The Labute approximate surface area is 171 Å². The minimum Gasteiger partial charge on any atom is -0.469 e. The third-order valence-corrected chi connectivity index (χ3v) is 5.01. The molecule has 9 heteroatoms. The molecule has 1 atom stereocenters. The van der Waals surface area contributed by atoms with Gasteiger partial charge in [-0.3, -0.25) is 9.59 Å². The predicted molar refractivity (Wildman–Crippen MR) is 107 cm³/mol. The molecule has 1 aromatic carbocycles. The zero-order valence-electron chi connectivity index (χ0n) is 15.9. The van der Waals surface area contributed by atoms with Crippen LogP contribution in [0.5, 0.6) is 0 Å². The number of anilines is 1. The van der Waals surface area contributed by atoms with Gasteiger partial charge < -0.3 is 15.1 Å². The Hall–Kier alpha value is -3.07. The summed E-state index contributed by atoms with van der Waals surface area (Å²) in [5, 5.41) is 14.3. The minimum absolute atomic E-state index is 0.0201. The number of aromatic nitrogens is 2. The lowest BCUT2D eigenvalue weighted by molar-refractivity contribution is -0.121. The van der Waals surface area contributed by atoms with Crippen molar-refractivity contribution in [2.75, 3.05) is 5.32 Å². The summed E-state index contributed by atoms with van der Waals surface area (Å²) < 4.78 is 18.5. The molecule has 29 heavy (non-hydrogen) atoms. The zero-order chi connectivity index (χ0) is 20.6.